The molecule has 0 aliphatic rings. The maximum atomic E-state index is 10.8. The molecule has 3 aromatic carbocycles. The molecule has 0 atom stereocenters. The maximum absolute atomic E-state index is 10.8. The molecule has 0 N–H and O–H groups in total. The summed E-state index contributed by atoms with van der Waals surface area (Å²) in [4.78, 5) is 10.8. The molecule has 0 fully saturated rings. The zero-order chi connectivity index (χ0) is 18.1. The van der Waals surface area contributed by atoms with Crippen LogP contribution in [0.25, 0.3) is 0 Å². The number of benzene rings is 3. The molecule has 5 nitrogen and oxygen atoms in total. The summed E-state index contributed by atoms with van der Waals surface area (Å²) in [6.07, 6.45) is 1.53. The molecule has 0 radical (unpaired) electrons. The highest BCUT2D eigenvalue weighted by molar-refractivity contribution is 8.17. The van der Waals surface area contributed by atoms with Crippen LogP contribution in [0.4, 0.5) is 0 Å². The van der Waals surface area contributed by atoms with Crippen molar-refractivity contribution in [2.75, 3.05) is 0 Å². The average Bonchev–Trinajstić information content (AvgIpc) is 2.69. The Labute approximate surface area is 155 Å². The Kier molecular flexibility index (Phi) is 6.29. The van der Waals surface area contributed by atoms with Crippen molar-refractivity contribution in [2.45, 2.75) is 0 Å². The van der Waals surface area contributed by atoms with E-state index in [2.05, 4.69) is 4.40 Å². The smallest absolute Gasteiger partial charge is 0.410 e. The second-order valence-corrected chi connectivity index (χ2v) is 8.83. The normalized spacial score (nSPS) is 10.5. The predicted octanol–water partition coefficient (Wildman–Crippen LogP) is 4.97. The molecule has 0 heterocycles. The van der Waals surface area contributed by atoms with Crippen molar-refractivity contribution in [2.24, 2.45) is 4.40 Å². The first-order valence-electron chi connectivity index (χ1n) is 7.72. The standard InChI is InChI=1S/C19H16NO4PS/c21-16-20-26-25(22-17-10-4-1-5-11-17,23-18-12-6-2-7-13-18)24-19-14-8-3-9-15-19/h1-15,26H. The molecular weight excluding hydrogens is 369 g/mol. The zero-order valence-electron chi connectivity index (χ0n) is 13.6. The molecule has 0 spiro atoms. The van der Waals surface area contributed by atoms with Gasteiger partial charge in [0.1, 0.15) is 17.2 Å². The molecule has 132 valence electrons. The van der Waals surface area contributed by atoms with Gasteiger partial charge in [-0.1, -0.05) is 54.6 Å². The molecule has 3 rings (SSSR count). The Bertz CT molecular complexity index is 821. The van der Waals surface area contributed by atoms with E-state index in [-0.39, 0.29) is 11.1 Å². The van der Waals surface area contributed by atoms with Gasteiger partial charge >= 0.3 is 6.72 Å². The van der Waals surface area contributed by atoms with Gasteiger partial charge in [-0.15, -0.1) is 4.40 Å². The van der Waals surface area contributed by atoms with Crippen molar-refractivity contribution in [1.82, 2.24) is 0 Å². The monoisotopic (exact) mass is 385 g/mol. The predicted molar refractivity (Wildman–Crippen MR) is 105 cm³/mol. The number of hydrogen-bond donors (Lipinski definition) is 1. The SMILES string of the molecule is O=C=N[SH]=P(Oc1ccccc1)(Oc1ccccc1)Oc1ccccc1. The Morgan fingerprint density at radius 3 is 1.31 bits per heavy atom. The van der Waals surface area contributed by atoms with Gasteiger partial charge in [-0.3, -0.25) is 0 Å². The Balaban J connectivity index is 2.05. The van der Waals surface area contributed by atoms with E-state index in [4.69, 9.17) is 13.6 Å². The van der Waals surface area contributed by atoms with Crippen LogP contribution in [0, 0.1) is 0 Å². The molecule has 0 saturated carbocycles. The molecule has 0 unspecified atom stereocenters. The average molecular weight is 385 g/mol. The van der Waals surface area contributed by atoms with Crippen LogP contribution in [0.3, 0.4) is 0 Å². The number of isocyanates is 1. The van der Waals surface area contributed by atoms with Crippen molar-refractivity contribution >= 4 is 23.9 Å². The molecule has 0 aliphatic heterocycles. The highest BCUT2D eigenvalue weighted by Crippen LogP contribution is 2.51. The largest absolute Gasteiger partial charge is 0.464 e. The van der Waals surface area contributed by atoms with E-state index in [1.807, 2.05) is 54.6 Å². The molecule has 0 aromatic heterocycles. The fourth-order valence-corrected chi connectivity index (χ4v) is 5.17. The van der Waals surface area contributed by atoms with Crippen LogP contribution in [0.2, 0.25) is 0 Å². The van der Waals surface area contributed by atoms with Crippen molar-refractivity contribution in [3.05, 3.63) is 91.0 Å². The summed E-state index contributed by atoms with van der Waals surface area (Å²) in [5.41, 5.74) is 0. The minimum absolute atomic E-state index is 0.208. The molecule has 3 aromatic rings. The molecule has 0 saturated heterocycles. The van der Waals surface area contributed by atoms with Gasteiger partial charge in [0.2, 0.25) is 6.08 Å². The number of para-hydroxylation sites is 3. The Morgan fingerprint density at radius 1 is 0.654 bits per heavy atom. The highest BCUT2D eigenvalue weighted by atomic mass is 32.5. The second-order valence-electron chi connectivity index (χ2n) is 4.96. The van der Waals surface area contributed by atoms with Gasteiger partial charge in [0, 0.05) is 11.1 Å². The number of hydrogen-bond acceptors (Lipinski definition) is 4. The van der Waals surface area contributed by atoms with Gasteiger partial charge < -0.3 is 13.6 Å². The van der Waals surface area contributed by atoms with E-state index in [9.17, 15) is 4.79 Å². The van der Waals surface area contributed by atoms with Gasteiger partial charge in [-0.2, -0.15) is 0 Å². The number of rotatable bonds is 7. The molecular formula is C19H16NO4PS. The fraction of sp³-hybridized carbons (Fsp3) is 0. The summed E-state index contributed by atoms with van der Waals surface area (Å²) in [5.74, 6) is 1.67. The molecule has 0 aliphatic carbocycles. The lowest BCUT2D eigenvalue weighted by Crippen LogP contribution is -2.08. The van der Waals surface area contributed by atoms with Gasteiger partial charge in [0.15, 0.2) is 0 Å². The van der Waals surface area contributed by atoms with E-state index >= 15 is 0 Å². The Morgan fingerprint density at radius 2 is 1.00 bits per heavy atom. The van der Waals surface area contributed by atoms with E-state index in [1.54, 1.807) is 36.4 Å². The topological polar surface area (TPSA) is 57.1 Å². The van der Waals surface area contributed by atoms with Gasteiger partial charge in [-0.25, -0.2) is 4.79 Å². The van der Waals surface area contributed by atoms with E-state index in [1.165, 1.54) is 6.08 Å². The van der Waals surface area contributed by atoms with E-state index in [0.29, 0.717) is 17.2 Å². The van der Waals surface area contributed by atoms with Crippen LogP contribution in [0.5, 0.6) is 17.2 Å². The first kappa shape index (κ1) is 18.0. The first-order valence-corrected chi connectivity index (χ1v) is 10.8. The summed E-state index contributed by atoms with van der Waals surface area (Å²) < 4.78 is 22.0. The van der Waals surface area contributed by atoms with Crippen molar-refractivity contribution in [1.29, 1.82) is 0 Å². The van der Waals surface area contributed by atoms with E-state index in [0.717, 1.165) is 0 Å². The lowest BCUT2D eigenvalue weighted by molar-refractivity contribution is 0.383. The summed E-state index contributed by atoms with van der Waals surface area (Å²) in [6.45, 7) is -3.14. The van der Waals surface area contributed by atoms with Crippen LogP contribution in [0.1, 0.15) is 0 Å². The number of nitrogens with zero attached hydrogens (tertiary/aromatic N) is 1. The molecule has 26 heavy (non-hydrogen) atoms. The fourth-order valence-electron chi connectivity index (χ4n) is 2.03. The van der Waals surface area contributed by atoms with Gasteiger partial charge in [0.25, 0.3) is 0 Å². The summed E-state index contributed by atoms with van der Waals surface area (Å²) in [5, 5.41) is 0. The van der Waals surface area contributed by atoms with Crippen LogP contribution in [-0.4, -0.2) is 6.08 Å². The molecule has 0 bridgehead atoms. The first-order chi connectivity index (χ1) is 12.8. The second kappa shape index (κ2) is 9.07. The number of thiol groups is 1. The van der Waals surface area contributed by atoms with E-state index < -0.39 is 6.72 Å². The van der Waals surface area contributed by atoms with Gasteiger partial charge in [0.05, 0.1) is 0 Å². The van der Waals surface area contributed by atoms with Crippen molar-refractivity contribution in [3.8, 4) is 17.2 Å². The highest BCUT2D eigenvalue weighted by Gasteiger charge is 2.28. The lowest BCUT2D eigenvalue weighted by atomic mass is 10.3. The maximum Gasteiger partial charge on any atom is 0.464 e. The third-order valence-corrected chi connectivity index (χ3v) is 6.46. The third kappa shape index (κ3) is 5.11. The van der Waals surface area contributed by atoms with Crippen LogP contribution < -0.4 is 13.6 Å². The summed E-state index contributed by atoms with van der Waals surface area (Å²) in [7, 11) is 0. The minimum Gasteiger partial charge on any atom is -0.410 e. The third-order valence-electron chi connectivity index (χ3n) is 3.09. The van der Waals surface area contributed by atoms with Crippen LogP contribution in [-0.2, 0) is 15.9 Å². The number of carbonyl (C=O) groups excluding carboxylic acids is 1. The van der Waals surface area contributed by atoms with Crippen LogP contribution >= 0.6 is 6.72 Å². The summed E-state index contributed by atoms with van der Waals surface area (Å²) in [6, 6.07) is 27.4. The molecule has 0 amide bonds. The minimum atomic E-state index is -3.14. The molecule has 7 heteroatoms. The lowest BCUT2D eigenvalue weighted by Gasteiger charge is -2.25. The van der Waals surface area contributed by atoms with Crippen molar-refractivity contribution in [3.63, 3.8) is 0 Å². The van der Waals surface area contributed by atoms with Crippen LogP contribution in [0.15, 0.2) is 95.4 Å². The van der Waals surface area contributed by atoms with Gasteiger partial charge in [-0.05, 0) is 36.4 Å². The summed E-state index contributed by atoms with van der Waals surface area (Å²) >= 11 is 0.208. The Hall–Kier alpha value is -2.78. The quantitative estimate of drug-likeness (QED) is 0.270. The zero-order valence-corrected chi connectivity index (χ0v) is 15.4. The van der Waals surface area contributed by atoms with Crippen molar-refractivity contribution < 1.29 is 18.4 Å².